The summed E-state index contributed by atoms with van der Waals surface area (Å²) in [5, 5.41) is 8.62. The van der Waals surface area contributed by atoms with Gasteiger partial charge in [-0.1, -0.05) is 12.1 Å². The van der Waals surface area contributed by atoms with Crippen molar-refractivity contribution in [3.63, 3.8) is 0 Å². The minimum Gasteiger partial charge on any atom is -0.481 e. The predicted molar refractivity (Wildman–Crippen MR) is 73.3 cm³/mol. The second kappa shape index (κ2) is 5.61. The van der Waals surface area contributed by atoms with Crippen LogP contribution < -0.4 is 4.90 Å². The third kappa shape index (κ3) is 3.96. The Hall–Kier alpha value is -1.56. The summed E-state index contributed by atoms with van der Waals surface area (Å²) in [4.78, 5) is 12.5. The number of carboxylic acid groups (broad SMARTS) is 1. The van der Waals surface area contributed by atoms with Crippen molar-refractivity contribution in [2.24, 2.45) is 0 Å². The van der Waals surface area contributed by atoms with Crippen LogP contribution in [-0.4, -0.2) is 44.1 Å². The number of nitrogens with zero attached hydrogens (tertiary/aromatic N) is 1. The molecule has 0 aromatic heterocycles. The quantitative estimate of drug-likeness (QED) is 0.890. The van der Waals surface area contributed by atoms with Crippen LogP contribution in [0.25, 0.3) is 0 Å². The van der Waals surface area contributed by atoms with Gasteiger partial charge < -0.3 is 10.0 Å². The number of hydrogen-bond donors (Lipinski definition) is 1. The molecule has 6 heteroatoms. The van der Waals surface area contributed by atoms with Gasteiger partial charge in [-0.15, -0.1) is 0 Å². The highest BCUT2D eigenvalue weighted by Gasteiger charge is 2.21. The number of aryl methyl sites for hydroxylation is 1. The van der Waals surface area contributed by atoms with E-state index in [4.69, 9.17) is 5.11 Å². The number of benzene rings is 1. The van der Waals surface area contributed by atoms with E-state index < -0.39 is 15.8 Å². The Kier molecular flexibility index (Phi) is 4.09. The van der Waals surface area contributed by atoms with Crippen LogP contribution >= 0.6 is 0 Å². The molecule has 1 aliphatic rings. The Bertz CT molecular complexity index is 537. The summed E-state index contributed by atoms with van der Waals surface area (Å²) in [6.07, 6.45) is 0.644. The van der Waals surface area contributed by atoms with Crippen molar-refractivity contribution in [1.29, 1.82) is 0 Å². The van der Waals surface area contributed by atoms with Gasteiger partial charge in [0.1, 0.15) is 0 Å². The fourth-order valence-corrected chi connectivity index (χ4v) is 3.30. The smallest absolute Gasteiger partial charge is 0.303 e. The van der Waals surface area contributed by atoms with Gasteiger partial charge in [-0.3, -0.25) is 4.79 Å². The SMILES string of the molecule is O=C(O)CCc1ccc(N2CCS(=O)(=O)CC2)cc1. The molecule has 0 bridgehead atoms. The standard InChI is InChI=1S/C13H17NO4S/c15-13(16)6-3-11-1-4-12(5-2-11)14-7-9-19(17,18)10-8-14/h1-2,4-5H,3,6-10H2,(H,15,16). The molecular weight excluding hydrogens is 266 g/mol. The van der Waals surface area contributed by atoms with Gasteiger partial charge in [0.2, 0.25) is 0 Å². The molecule has 0 saturated carbocycles. The Morgan fingerprint density at radius 3 is 2.26 bits per heavy atom. The van der Waals surface area contributed by atoms with Crippen LogP contribution in [0.1, 0.15) is 12.0 Å². The Morgan fingerprint density at radius 2 is 1.74 bits per heavy atom. The molecule has 1 N–H and O–H groups in total. The van der Waals surface area contributed by atoms with Crippen molar-refractivity contribution < 1.29 is 18.3 Å². The number of rotatable bonds is 4. The minimum atomic E-state index is -2.86. The number of carboxylic acids is 1. The molecule has 2 rings (SSSR count). The van der Waals surface area contributed by atoms with Crippen LogP contribution in [0.4, 0.5) is 5.69 Å². The molecule has 1 aliphatic heterocycles. The van der Waals surface area contributed by atoms with E-state index in [-0.39, 0.29) is 17.9 Å². The number of anilines is 1. The zero-order valence-corrected chi connectivity index (χ0v) is 11.4. The first kappa shape index (κ1) is 13.9. The lowest BCUT2D eigenvalue weighted by Crippen LogP contribution is -2.40. The van der Waals surface area contributed by atoms with Crippen molar-refractivity contribution in [2.45, 2.75) is 12.8 Å². The summed E-state index contributed by atoms with van der Waals surface area (Å²) in [7, 11) is -2.86. The van der Waals surface area contributed by atoms with Crippen molar-refractivity contribution in [2.75, 3.05) is 29.5 Å². The largest absolute Gasteiger partial charge is 0.481 e. The topological polar surface area (TPSA) is 74.7 Å². The average molecular weight is 283 g/mol. The normalized spacial score (nSPS) is 18.2. The highest BCUT2D eigenvalue weighted by atomic mass is 32.2. The number of sulfone groups is 1. The summed E-state index contributed by atoms with van der Waals surface area (Å²) in [5.74, 6) is -0.396. The van der Waals surface area contributed by atoms with E-state index in [0.717, 1.165) is 11.3 Å². The monoisotopic (exact) mass is 283 g/mol. The van der Waals surface area contributed by atoms with E-state index >= 15 is 0 Å². The van der Waals surface area contributed by atoms with Crippen molar-refractivity contribution in [3.05, 3.63) is 29.8 Å². The first-order valence-corrected chi connectivity index (χ1v) is 8.04. The van der Waals surface area contributed by atoms with Crippen LogP contribution in [0.2, 0.25) is 0 Å². The molecular formula is C13H17NO4S. The van der Waals surface area contributed by atoms with Gasteiger partial charge >= 0.3 is 5.97 Å². The first-order chi connectivity index (χ1) is 8.96. The fraction of sp³-hybridized carbons (Fsp3) is 0.462. The third-order valence-electron chi connectivity index (χ3n) is 3.27. The lowest BCUT2D eigenvalue weighted by atomic mass is 10.1. The maximum absolute atomic E-state index is 11.3. The molecule has 1 heterocycles. The molecule has 1 aromatic rings. The maximum Gasteiger partial charge on any atom is 0.303 e. The zero-order valence-electron chi connectivity index (χ0n) is 10.6. The molecule has 1 saturated heterocycles. The van der Waals surface area contributed by atoms with Gasteiger partial charge in [-0.25, -0.2) is 8.42 Å². The lowest BCUT2D eigenvalue weighted by molar-refractivity contribution is -0.136. The van der Waals surface area contributed by atoms with E-state index in [9.17, 15) is 13.2 Å². The summed E-state index contributed by atoms with van der Waals surface area (Å²) in [5.41, 5.74) is 1.98. The highest BCUT2D eigenvalue weighted by Crippen LogP contribution is 2.18. The molecule has 19 heavy (non-hydrogen) atoms. The molecule has 0 spiro atoms. The van der Waals surface area contributed by atoms with Gasteiger partial charge in [0.05, 0.1) is 11.5 Å². The Labute approximate surface area is 112 Å². The van der Waals surface area contributed by atoms with Crippen LogP contribution in [0.3, 0.4) is 0 Å². The van der Waals surface area contributed by atoms with E-state index in [0.29, 0.717) is 19.5 Å². The van der Waals surface area contributed by atoms with Crippen molar-refractivity contribution >= 4 is 21.5 Å². The van der Waals surface area contributed by atoms with E-state index in [1.54, 1.807) is 0 Å². The van der Waals surface area contributed by atoms with E-state index in [1.807, 2.05) is 29.2 Å². The zero-order chi connectivity index (χ0) is 13.9. The van der Waals surface area contributed by atoms with Gasteiger partial charge in [-0.2, -0.15) is 0 Å². The van der Waals surface area contributed by atoms with Gasteiger partial charge in [0, 0.05) is 25.2 Å². The Morgan fingerprint density at radius 1 is 1.16 bits per heavy atom. The molecule has 1 fully saturated rings. The number of hydrogen-bond acceptors (Lipinski definition) is 4. The van der Waals surface area contributed by atoms with Gasteiger partial charge in [0.15, 0.2) is 9.84 Å². The molecule has 0 atom stereocenters. The van der Waals surface area contributed by atoms with Crippen LogP contribution in [0.15, 0.2) is 24.3 Å². The number of carbonyl (C=O) groups is 1. The highest BCUT2D eigenvalue weighted by molar-refractivity contribution is 7.91. The molecule has 5 nitrogen and oxygen atoms in total. The summed E-state index contributed by atoms with van der Waals surface area (Å²) in [6.45, 7) is 1.05. The minimum absolute atomic E-state index is 0.126. The third-order valence-corrected chi connectivity index (χ3v) is 4.88. The molecule has 104 valence electrons. The number of aliphatic carboxylic acids is 1. The van der Waals surface area contributed by atoms with Crippen molar-refractivity contribution in [1.82, 2.24) is 0 Å². The predicted octanol–water partition coefficient (Wildman–Crippen LogP) is 0.939. The first-order valence-electron chi connectivity index (χ1n) is 6.22. The average Bonchev–Trinajstić information content (AvgIpc) is 2.37. The maximum atomic E-state index is 11.3. The molecule has 0 unspecified atom stereocenters. The molecule has 0 amide bonds. The van der Waals surface area contributed by atoms with Crippen LogP contribution in [0.5, 0.6) is 0 Å². The van der Waals surface area contributed by atoms with E-state index in [2.05, 4.69) is 0 Å². The second-order valence-electron chi connectivity index (χ2n) is 4.70. The fourth-order valence-electron chi connectivity index (χ4n) is 2.10. The molecule has 0 radical (unpaired) electrons. The van der Waals surface area contributed by atoms with Crippen LogP contribution in [-0.2, 0) is 21.1 Å². The summed E-state index contributed by atoms with van der Waals surface area (Å²) >= 11 is 0. The summed E-state index contributed by atoms with van der Waals surface area (Å²) in [6, 6.07) is 7.66. The van der Waals surface area contributed by atoms with Crippen LogP contribution in [0, 0.1) is 0 Å². The van der Waals surface area contributed by atoms with Gasteiger partial charge in [-0.05, 0) is 24.1 Å². The molecule has 1 aromatic carbocycles. The lowest BCUT2D eigenvalue weighted by Gasteiger charge is -2.28. The summed E-state index contributed by atoms with van der Waals surface area (Å²) < 4.78 is 22.7. The second-order valence-corrected chi connectivity index (χ2v) is 7.00. The molecule has 0 aliphatic carbocycles. The van der Waals surface area contributed by atoms with Gasteiger partial charge in [0.25, 0.3) is 0 Å². The van der Waals surface area contributed by atoms with E-state index in [1.165, 1.54) is 0 Å². The van der Waals surface area contributed by atoms with Crippen molar-refractivity contribution in [3.8, 4) is 0 Å². The Balaban J connectivity index is 1.97.